The van der Waals surface area contributed by atoms with Gasteiger partial charge in [-0.3, -0.25) is 9.59 Å². The van der Waals surface area contributed by atoms with E-state index in [-0.39, 0.29) is 17.9 Å². The number of hydrogen-bond acceptors (Lipinski definition) is 3. The third-order valence-corrected chi connectivity index (χ3v) is 2.91. The van der Waals surface area contributed by atoms with Crippen LogP contribution in [0, 0.1) is 18.3 Å². The number of nitriles is 1. The van der Waals surface area contributed by atoms with Crippen molar-refractivity contribution in [3.63, 3.8) is 0 Å². The first kappa shape index (κ1) is 12.1. The Hall–Kier alpha value is -2.41. The highest BCUT2D eigenvalue weighted by Gasteiger charge is 2.32. The summed E-state index contributed by atoms with van der Waals surface area (Å²) in [5, 5.41) is 8.96. The van der Waals surface area contributed by atoms with Gasteiger partial charge in [-0.25, -0.2) is 4.90 Å². The van der Waals surface area contributed by atoms with Gasteiger partial charge >= 0.3 is 0 Å². The van der Waals surface area contributed by atoms with Gasteiger partial charge in [-0.15, -0.1) is 0 Å². The molecule has 0 fully saturated rings. The lowest BCUT2D eigenvalue weighted by atomic mass is 10.0. The lowest BCUT2D eigenvalue weighted by Crippen LogP contribution is -2.41. The van der Waals surface area contributed by atoms with Crippen LogP contribution in [0.5, 0.6) is 0 Å². The summed E-state index contributed by atoms with van der Waals surface area (Å²) in [7, 11) is 0. The summed E-state index contributed by atoms with van der Waals surface area (Å²) in [6.45, 7) is 3.56. The molecule has 0 aliphatic carbocycles. The van der Waals surface area contributed by atoms with Crippen molar-refractivity contribution in [3.05, 3.63) is 41.0 Å². The number of carbonyl (C=O) groups is 2. The van der Waals surface area contributed by atoms with Crippen LogP contribution in [0.3, 0.4) is 0 Å². The van der Waals surface area contributed by atoms with Gasteiger partial charge in [0.2, 0.25) is 5.91 Å². The summed E-state index contributed by atoms with van der Waals surface area (Å²) < 4.78 is 0. The molecule has 90 valence electrons. The normalized spacial score (nSPS) is 15.9. The zero-order valence-corrected chi connectivity index (χ0v) is 10.2. The van der Waals surface area contributed by atoms with Crippen LogP contribution in [-0.4, -0.2) is 11.8 Å². The van der Waals surface area contributed by atoms with Crippen LogP contribution in [0.1, 0.15) is 18.9 Å². The Morgan fingerprint density at radius 3 is 2.33 bits per heavy atom. The maximum absolute atomic E-state index is 12.1. The number of aryl methyl sites for hydroxylation is 1. The van der Waals surface area contributed by atoms with Crippen LogP contribution >= 0.6 is 0 Å². The van der Waals surface area contributed by atoms with Gasteiger partial charge in [0.25, 0.3) is 5.91 Å². The highest BCUT2D eigenvalue weighted by atomic mass is 16.2. The molecule has 2 rings (SSSR count). The molecule has 4 nitrogen and oxygen atoms in total. The highest BCUT2D eigenvalue weighted by Crippen LogP contribution is 2.25. The van der Waals surface area contributed by atoms with Crippen molar-refractivity contribution < 1.29 is 9.59 Å². The molecule has 0 N–H and O–H groups in total. The molecule has 0 unspecified atom stereocenters. The number of hydrogen-bond donors (Lipinski definition) is 0. The SMILES string of the molecule is CC1=C(C#N)C(=O)N(c2ccc(C)cc2)C(=O)C1. The van der Waals surface area contributed by atoms with Gasteiger partial charge in [-0.1, -0.05) is 17.7 Å². The minimum absolute atomic E-state index is 0.0650. The topological polar surface area (TPSA) is 61.2 Å². The van der Waals surface area contributed by atoms with Crippen molar-refractivity contribution in [2.75, 3.05) is 4.90 Å². The van der Waals surface area contributed by atoms with Crippen LogP contribution < -0.4 is 4.90 Å². The predicted octanol–water partition coefficient (Wildman–Crippen LogP) is 2.10. The van der Waals surface area contributed by atoms with Gasteiger partial charge in [0.05, 0.1) is 12.1 Å². The Morgan fingerprint density at radius 1 is 1.17 bits per heavy atom. The van der Waals surface area contributed by atoms with Crippen molar-refractivity contribution in [1.82, 2.24) is 0 Å². The van der Waals surface area contributed by atoms with Gasteiger partial charge in [-0.05, 0) is 31.6 Å². The zero-order chi connectivity index (χ0) is 13.3. The molecule has 4 heteroatoms. The van der Waals surface area contributed by atoms with E-state index in [1.807, 2.05) is 25.1 Å². The van der Waals surface area contributed by atoms with Crippen LogP contribution in [0.15, 0.2) is 35.4 Å². The van der Waals surface area contributed by atoms with Gasteiger partial charge in [0.15, 0.2) is 0 Å². The minimum atomic E-state index is -0.532. The number of imide groups is 1. The Labute approximate surface area is 105 Å². The van der Waals surface area contributed by atoms with Gasteiger partial charge in [-0.2, -0.15) is 5.26 Å². The maximum atomic E-state index is 12.1. The molecule has 1 aromatic carbocycles. The number of benzene rings is 1. The van der Waals surface area contributed by atoms with E-state index in [1.165, 1.54) is 0 Å². The van der Waals surface area contributed by atoms with E-state index in [0.29, 0.717) is 11.3 Å². The molecule has 1 heterocycles. The predicted molar refractivity (Wildman–Crippen MR) is 66.6 cm³/mol. The Kier molecular flexibility index (Phi) is 2.99. The van der Waals surface area contributed by atoms with Crippen molar-refractivity contribution in [2.45, 2.75) is 20.3 Å². The molecule has 2 amide bonds. The van der Waals surface area contributed by atoms with Crippen molar-refractivity contribution >= 4 is 17.5 Å². The summed E-state index contributed by atoms with van der Waals surface area (Å²) in [6, 6.07) is 8.94. The Balaban J connectivity index is 2.47. The second kappa shape index (κ2) is 4.46. The van der Waals surface area contributed by atoms with E-state index in [1.54, 1.807) is 19.1 Å². The molecule has 0 atom stereocenters. The minimum Gasteiger partial charge on any atom is -0.274 e. The van der Waals surface area contributed by atoms with E-state index in [0.717, 1.165) is 10.5 Å². The molecule has 0 bridgehead atoms. The van der Waals surface area contributed by atoms with E-state index in [9.17, 15) is 9.59 Å². The van der Waals surface area contributed by atoms with Crippen LogP contribution in [0.25, 0.3) is 0 Å². The number of nitrogens with zero attached hydrogens (tertiary/aromatic N) is 2. The fourth-order valence-electron chi connectivity index (χ4n) is 1.90. The fraction of sp³-hybridized carbons (Fsp3) is 0.214. The van der Waals surface area contributed by atoms with Crippen molar-refractivity contribution in [3.8, 4) is 6.07 Å². The van der Waals surface area contributed by atoms with Crippen LogP contribution in [-0.2, 0) is 9.59 Å². The molecule has 18 heavy (non-hydrogen) atoms. The van der Waals surface area contributed by atoms with Crippen LogP contribution in [0.4, 0.5) is 5.69 Å². The third kappa shape index (κ3) is 1.91. The number of rotatable bonds is 1. The first-order chi connectivity index (χ1) is 8.54. The lowest BCUT2D eigenvalue weighted by molar-refractivity contribution is -0.125. The first-order valence-corrected chi connectivity index (χ1v) is 5.58. The molecule has 0 spiro atoms. The van der Waals surface area contributed by atoms with E-state index in [4.69, 9.17) is 5.26 Å². The number of amides is 2. The summed E-state index contributed by atoms with van der Waals surface area (Å²) in [5.41, 5.74) is 2.16. The average Bonchev–Trinajstić information content (AvgIpc) is 2.31. The van der Waals surface area contributed by atoms with Crippen molar-refractivity contribution in [1.29, 1.82) is 5.26 Å². The Bertz CT molecular complexity index is 591. The molecule has 1 aliphatic heterocycles. The second-order valence-corrected chi connectivity index (χ2v) is 4.31. The van der Waals surface area contributed by atoms with E-state index >= 15 is 0 Å². The largest absolute Gasteiger partial charge is 0.275 e. The maximum Gasteiger partial charge on any atom is 0.275 e. The smallest absolute Gasteiger partial charge is 0.274 e. The summed E-state index contributed by atoms with van der Waals surface area (Å²) in [6.07, 6.45) is 0.114. The molecule has 0 radical (unpaired) electrons. The summed E-state index contributed by atoms with van der Waals surface area (Å²) in [4.78, 5) is 25.1. The molecule has 0 saturated carbocycles. The van der Waals surface area contributed by atoms with Gasteiger partial charge < -0.3 is 0 Å². The molecule has 0 aromatic heterocycles. The molecule has 1 aromatic rings. The fourth-order valence-corrected chi connectivity index (χ4v) is 1.90. The van der Waals surface area contributed by atoms with E-state index in [2.05, 4.69) is 0 Å². The summed E-state index contributed by atoms with van der Waals surface area (Å²) >= 11 is 0. The number of anilines is 1. The quantitative estimate of drug-likeness (QED) is 0.706. The molecular formula is C14H12N2O2. The number of carbonyl (C=O) groups excluding carboxylic acids is 2. The highest BCUT2D eigenvalue weighted by molar-refractivity contribution is 6.25. The molecular weight excluding hydrogens is 228 g/mol. The van der Waals surface area contributed by atoms with Crippen molar-refractivity contribution in [2.24, 2.45) is 0 Å². The summed E-state index contributed by atoms with van der Waals surface area (Å²) in [5.74, 6) is -0.824. The average molecular weight is 240 g/mol. The van der Waals surface area contributed by atoms with E-state index < -0.39 is 5.91 Å². The zero-order valence-electron chi connectivity index (χ0n) is 10.2. The molecule has 1 aliphatic rings. The first-order valence-electron chi connectivity index (χ1n) is 5.58. The second-order valence-electron chi connectivity index (χ2n) is 4.31. The van der Waals surface area contributed by atoms with Crippen LogP contribution in [0.2, 0.25) is 0 Å². The third-order valence-electron chi connectivity index (χ3n) is 2.91. The standard InChI is InChI=1S/C14H12N2O2/c1-9-3-5-11(6-4-9)16-13(17)7-10(2)12(8-15)14(16)18/h3-6H,7H2,1-2H3. The lowest BCUT2D eigenvalue weighted by Gasteiger charge is -2.25. The molecule has 0 saturated heterocycles. The van der Waals surface area contributed by atoms with Gasteiger partial charge in [0, 0.05) is 0 Å². The Morgan fingerprint density at radius 2 is 1.78 bits per heavy atom. The monoisotopic (exact) mass is 240 g/mol. The van der Waals surface area contributed by atoms with Gasteiger partial charge in [0.1, 0.15) is 11.6 Å².